The number of hydrogen-bond acceptors (Lipinski definition) is 8. The van der Waals surface area contributed by atoms with E-state index in [-0.39, 0.29) is 21.2 Å². The third-order valence-electron chi connectivity index (χ3n) is 5.95. The van der Waals surface area contributed by atoms with Crippen molar-refractivity contribution in [2.24, 2.45) is 0 Å². The minimum absolute atomic E-state index is 0.0639. The Morgan fingerprint density at radius 1 is 1.22 bits per heavy atom. The Kier molecular flexibility index (Phi) is 6.58. The number of aliphatic carboxylic acids is 1. The molecule has 1 amide bonds. The maximum atomic E-state index is 13.3. The van der Waals surface area contributed by atoms with Gasteiger partial charge in [-0.25, -0.2) is 13.2 Å². The highest BCUT2D eigenvalue weighted by Gasteiger charge is 2.75. The summed E-state index contributed by atoms with van der Waals surface area (Å²) in [6, 6.07) is 11.2. The van der Waals surface area contributed by atoms with Crippen LogP contribution in [0.4, 0.5) is 18.0 Å². The number of hydrogen-bond donors (Lipinski definition) is 2. The predicted molar refractivity (Wildman–Crippen MR) is 123 cm³/mol. The van der Waals surface area contributed by atoms with E-state index in [1.165, 1.54) is 20.2 Å². The number of carbonyl (C=O) groups excluding carboxylic acids is 1. The summed E-state index contributed by atoms with van der Waals surface area (Å²) in [6.07, 6.45) is -5.72. The number of rotatable bonds is 8. The third-order valence-corrected chi connectivity index (χ3v) is 9.05. The number of sulfonamides is 1. The van der Waals surface area contributed by atoms with Gasteiger partial charge in [0.05, 0.1) is 10.3 Å². The molecular formula is C22H20F3N3O7S2. The number of amides is 1. The highest BCUT2D eigenvalue weighted by molar-refractivity contribution is 7.91. The number of aromatic nitrogens is 1. The van der Waals surface area contributed by atoms with Crippen molar-refractivity contribution in [2.75, 3.05) is 20.7 Å². The van der Waals surface area contributed by atoms with Crippen LogP contribution in [-0.2, 0) is 31.1 Å². The van der Waals surface area contributed by atoms with Gasteiger partial charge >= 0.3 is 18.2 Å². The molecule has 0 spiro atoms. The molecule has 3 aromatic rings. The highest BCUT2D eigenvalue weighted by atomic mass is 32.2. The van der Waals surface area contributed by atoms with E-state index in [0.717, 1.165) is 11.0 Å². The van der Waals surface area contributed by atoms with E-state index in [2.05, 4.69) is 14.4 Å². The van der Waals surface area contributed by atoms with Crippen LogP contribution in [0.2, 0.25) is 0 Å². The van der Waals surface area contributed by atoms with Crippen molar-refractivity contribution in [2.45, 2.75) is 27.8 Å². The zero-order valence-electron chi connectivity index (χ0n) is 19.3. The minimum Gasteiger partial charge on any atom is -0.480 e. The normalized spacial score (nSPS) is 21.4. The number of alkyl halides is 3. The number of carboxylic acids is 1. The smallest absolute Gasteiger partial charge is 0.452 e. The number of nitrogens with zero attached hydrogens (tertiary/aromatic N) is 2. The van der Waals surface area contributed by atoms with E-state index in [9.17, 15) is 36.3 Å². The summed E-state index contributed by atoms with van der Waals surface area (Å²) in [5, 5.41) is 13.5. The van der Waals surface area contributed by atoms with Crippen LogP contribution in [-0.4, -0.2) is 61.9 Å². The lowest BCUT2D eigenvalue weighted by Crippen LogP contribution is -2.50. The van der Waals surface area contributed by atoms with Gasteiger partial charge in [-0.15, -0.1) is 11.3 Å². The summed E-state index contributed by atoms with van der Waals surface area (Å²) in [5.74, 6) is -2.83. The molecule has 15 heteroatoms. The molecule has 2 heterocycles. The van der Waals surface area contributed by atoms with Crippen molar-refractivity contribution in [3.8, 4) is 10.6 Å². The Labute approximate surface area is 212 Å². The number of nitrogens with one attached hydrogen (secondary N) is 1. The van der Waals surface area contributed by atoms with Gasteiger partial charge in [-0.1, -0.05) is 35.5 Å². The molecule has 0 aliphatic heterocycles. The molecule has 37 heavy (non-hydrogen) atoms. The molecule has 0 radical (unpaired) electrons. The highest BCUT2D eigenvalue weighted by Crippen LogP contribution is 2.59. The van der Waals surface area contributed by atoms with Gasteiger partial charge in [0.1, 0.15) is 22.0 Å². The number of carboxylic acid groups (broad SMARTS) is 1. The first-order valence-corrected chi connectivity index (χ1v) is 12.8. The first kappa shape index (κ1) is 26.6. The fourth-order valence-corrected chi connectivity index (χ4v) is 6.63. The van der Waals surface area contributed by atoms with Crippen LogP contribution >= 0.6 is 11.3 Å². The average Bonchev–Trinajstić information content (AvgIpc) is 3.21. The van der Waals surface area contributed by atoms with Crippen molar-refractivity contribution < 1.29 is 45.5 Å². The second-order valence-corrected chi connectivity index (χ2v) is 11.6. The standard InChI is InChI=1S/C22H20F3N3O7S2/c1-28(2)19(31)34-12-20(13-6-4-3-5-7-13)11-21(20,18(29)30)27-37(32,33)17-9-8-15(36-17)14-10-16(35-26-14)22(23,24)25/h3-10,27H,11-12H2,1-2H3,(H,29,30). The van der Waals surface area contributed by atoms with Crippen LogP contribution in [0.5, 0.6) is 0 Å². The van der Waals surface area contributed by atoms with Crippen LogP contribution in [0.1, 0.15) is 17.7 Å². The van der Waals surface area contributed by atoms with Crippen LogP contribution in [0.3, 0.4) is 0 Å². The zero-order valence-corrected chi connectivity index (χ0v) is 20.9. The number of benzene rings is 1. The van der Waals surface area contributed by atoms with E-state index in [1.807, 2.05) is 0 Å². The van der Waals surface area contributed by atoms with Crippen LogP contribution < -0.4 is 4.72 Å². The molecule has 1 aliphatic carbocycles. The summed E-state index contributed by atoms with van der Waals surface area (Å²) >= 11 is 0.590. The lowest BCUT2D eigenvalue weighted by Gasteiger charge is -2.25. The van der Waals surface area contributed by atoms with Crippen molar-refractivity contribution in [1.29, 1.82) is 0 Å². The van der Waals surface area contributed by atoms with E-state index >= 15 is 0 Å². The van der Waals surface area contributed by atoms with E-state index in [4.69, 9.17) is 4.74 Å². The molecule has 0 saturated heterocycles. The van der Waals surface area contributed by atoms with Crippen molar-refractivity contribution in [3.05, 3.63) is 59.9 Å². The zero-order chi connectivity index (χ0) is 27.2. The Morgan fingerprint density at radius 3 is 2.46 bits per heavy atom. The summed E-state index contributed by atoms with van der Waals surface area (Å²) in [4.78, 5) is 25.8. The molecule has 2 aromatic heterocycles. The molecule has 10 nitrogen and oxygen atoms in total. The van der Waals surface area contributed by atoms with Crippen LogP contribution in [0, 0.1) is 0 Å². The number of carbonyl (C=O) groups is 2. The topological polar surface area (TPSA) is 139 Å². The van der Waals surface area contributed by atoms with Gasteiger partial charge in [-0.05, 0) is 24.1 Å². The average molecular weight is 560 g/mol. The van der Waals surface area contributed by atoms with E-state index in [1.54, 1.807) is 30.3 Å². The maximum absolute atomic E-state index is 13.3. The van der Waals surface area contributed by atoms with Gasteiger partial charge in [-0.3, -0.25) is 4.79 Å². The molecule has 0 bridgehead atoms. The van der Waals surface area contributed by atoms with Crippen molar-refractivity contribution in [3.63, 3.8) is 0 Å². The summed E-state index contributed by atoms with van der Waals surface area (Å²) < 4.78 is 76.5. The lowest BCUT2D eigenvalue weighted by atomic mass is 9.91. The summed E-state index contributed by atoms with van der Waals surface area (Å²) in [6.45, 7) is -0.419. The summed E-state index contributed by atoms with van der Waals surface area (Å²) in [5.41, 5.74) is -3.25. The number of ether oxygens (including phenoxy) is 1. The van der Waals surface area contributed by atoms with Gasteiger partial charge in [0.2, 0.25) is 5.76 Å². The fourth-order valence-electron chi connectivity index (χ4n) is 3.95. The van der Waals surface area contributed by atoms with Crippen LogP contribution in [0.15, 0.2) is 57.3 Å². The molecule has 1 aromatic carbocycles. The van der Waals surface area contributed by atoms with Crippen LogP contribution in [0.25, 0.3) is 10.6 Å². The molecule has 1 fully saturated rings. The molecule has 2 atom stereocenters. The quantitative estimate of drug-likeness (QED) is 0.427. The SMILES string of the molecule is CN(C)C(=O)OCC1(c2ccccc2)CC1(NS(=O)(=O)c1ccc(-c2cc(C(F)(F)F)on2)s1)C(=O)O. The second-order valence-electron chi connectivity index (χ2n) is 8.58. The first-order valence-electron chi connectivity index (χ1n) is 10.5. The first-order chi connectivity index (χ1) is 17.2. The fraction of sp³-hybridized carbons (Fsp3) is 0.318. The second kappa shape index (κ2) is 9.15. The monoisotopic (exact) mass is 559 g/mol. The molecule has 198 valence electrons. The van der Waals surface area contributed by atoms with Gasteiger partial charge in [-0.2, -0.15) is 17.9 Å². The Balaban J connectivity index is 1.66. The summed E-state index contributed by atoms with van der Waals surface area (Å²) in [7, 11) is -1.60. The lowest BCUT2D eigenvalue weighted by molar-refractivity contribution is -0.155. The molecule has 1 saturated carbocycles. The predicted octanol–water partition coefficient (Wildman–Crippen LogP) is 3.56. The Hall–Kier alpha value is -3.43. The Bertz CT molecular complexity index is 1440. The molecule has 2 N–H and O–H groups in total. The van der Waals surface area contributed by atoms with Gasteiger partial charge in [0.25, 0.3) is 10.0 Å². The van der Waals surface area contributed by atoms with Crippen molar-refractivity contribution >= 4 is 33.4 Å². The van der Waals surface area contributed by atoms with Gasteiger partial charge < -0.3 is 19.3 Å². The third kappa shape index (κ3) is 4.81. The number of halogens is 3. The molecular weight excluding hydrogens is 539 g/mol. The maximum Gasteiger partial charge on any atom is 0.452 e. The largest absolute Gasteiger partial charge is 0.480 e. The number of thiophene rings is 1. The van der Waals surface area contributed by atoms with Crippen molar-refractivity contribution in [1.82, 2.24) is 14.8 Å². The molecule has 1 aliphatic rings. The van der Waals surface area contributed by atoms with E-state index in [0.29, 0.717) is 23.0 Å². The molecule has 2 unspecified atom stereocenters. The Morgan fingerprint density at radius 2 is 1.89 bits per heavy atom. The van der Waals surface area contributed by atoms with Gasteiger partial charge in [0.15, 0.2) is 0 Å². The van der Waals surface area contributed by atoms with E-state index < -0.39 is 51.6 Å². The molecule has 4 rings (SSSR count). The minimum atomic E-state index is -4.77. The van der Waals surface area contributed by atoms with Gasteiger partial charge in [0, 0.05) is 20.2 Å².